The summed E-state index contributed by atoms with van der Waals surface area (Å²) in [5.74, 6) is -0.737. The molecule has 0 spiro atoms. The van der Waals surface area contributed by atoms with Gasteiger partial charge in [0.1, 0.15) is 5.57 Å². The average molecular weight is 363 g/mol. The molecule has 2 fully saturated rings. The van der Waals surface area contributed by atoms with Crippen molar-refractivity contribution in [1.82, 2.24) is 5.43 Å². The first kappa shape index (κ1) is 17.3. The summed E-state index contributed by atoms with van der Waals surface area (Å²) in [7, 11) is 0. The van der Waals surface area contributed by atoms with Crippen LogP contribution in [0, 0.1) is 6.92 Å². The number of rotatable bonds is 3. The molecule has 0 unspecified atom stereocenters. The van der Waals surface area contributed by atoms with Crippen LogP contribution in [0.3, 0.4) is 0 Å². The minimum absolute atomic E-state index is 0.134. The summed E-state index contributed by atoms with van der Waals surface area (Å²) in [6.45, 7) is 5.17. The minimum Gasteiger partial charge on any atom is -0.378 e. The molecule has 6 heteroatoms. The third-order valence-corrected chi connectivity index (χ3v) is 4.76. The molecule has 2 heterocycles. The first-order chi connectivity index (χ1) is 13.1. The van der Waals surface area contributed by atoms with Gasteiger partial charge in [0.15, 0.2) is 0 Å². The van der Waals surface area contributed by atoms with Crippen LogP contribution in [-0.2, 0) is 14.3 Å². The predicted octanol–water partition coefficient (Wildman–Crippen LogP) is 2.29. The number of hydrogen-bond donors (Lipinski definition) is 1. The lowest BCUT2D eigenvalue weighted by Gasteiger charge is -2.28. The Bertz CT molecular complexity index is 882. The van der Waals surface area contributed by atoms with E-state index in [9.17, 15) is 9.59 Å². The molecule has 2 aromatic rings. The van der Waals surface area contributed by atoms with E-state index in [0.717, 1.165) is 43.1 Å². The Labute approximate surface area is 158 Å². The zero-order valence-electron chi connectivity index (χ0n) is 15.1. The van der Waals surface area contributed by atoms with E-state index < -0.39 is 5.91 Å². The van der Waals surface area contributed by atoms with Gasteiger partial charge in [0.25, 0.3) is 11.8 Å². The van der Waals surface area contributed by atoms with Crippen molar-refractivity contribution >= 4 is 29.3 Å². The molecule has 2 aromatic carbocycles. The van der Waals surface area contributed by atoms with Crippen LogP contribution in [0.2, 0.25) is 0 Å². The second-order valence-electron chi connectivity index (χ2n) is 6.67. The summed E-state index contributed by atoms with van der Waals surface area (Å²) in [6, 6.07) is 15.3. The first-order valence-corrected chi connectivity index (χ1v) is 8.98. The summed E-state index contributed by atoms with van der Waals surface area (Å²) < 4.78 is 5.37. The van der Waals surface area contributed by atoms with Crippen molar-refractivity contribution in [3.8, 4) is 0 Å². The number of nitrogens with zero attached hydrogens (tertiary/aromatic N) is 2. The maximum absolute atomic E-state index is 12.7. The van der Waals surface area contributed by atoms with Crippen molar-refractivity contribution in [3.05, 3.63) is 65.2 Å². The lowest BCUT2D eigenvalue weighted by molar-refractivity contribution is -0.117. The number of ether oxygens (including phenoxy) is 1. The Kier molecular flexibility index (Phi) is 4.64. The SMILES string of the molecule is Cc1ccc(N2NC(=O)/C(=C\c3ccc(N4CCOCC4)cc3)C2=O)cc1. The quantitative estimate of drug-likeness (QED) is 0.671. The number of morpholine rings is 1. The number of anilines is 2. The molecule has 138 valence electrons. The Hall–Kier alpha value is -3.12. The Morgan fingerprint density at radius 1 is 0.926 bits per heavy atom. The summed E-state index contributed by atoms with van der Waals surface area (Å²) >= 11 is 0. The molecule has 2 aliphatic heterocycles. The fourth-order valence-corrected chi connectivity index (χ4v) is 3.20. The van der Waals surface area contributed by atoms with Gasteiger partial charge in [-0.1, -0.05) is 29.8 Å². The first-order valence-electron chi connectivity index (χ1n) is 8.98. The molecule has 27 heavy (non-hydrogen) atoms. The van der Waals surface area contributed by atoms with E-state index in [0.29, 0.717) is 5.69 Å². The molecular weight excluding hydrogens is 342 g/mol. The van der Waals surface area contributed by atoms with Crippen LogP contribution >= 0.6 is 0 Å². The molecule has 0 aliphatic carbocycles. The van der Waals surface area contributed by atoms with Crippen molar-refractivity contribution in [2.45, 2.75) is 6.92 Å². The minimum atomic E-state index is -0.391. The van der Waals surface area contributed by atoms with Crippen molar-refractivity contribution in [1.29, 1.82) is 0 Å². The third kappa shape index (κ3) is 3.57. The Morgan fingerprint density at radius 2 is 1.56 bits per heavy atom. The van der Waals surface area contributed by atoms with Crippen molar-refractivity contribution in [2.75, 3.05) is 36.2 Å². The molecule has 0 radical (unpaired) electrons. The molecule has 0 atom stereocenters. The van der Waals surface area contributed by atoms with E-state index in [1.165, 1.54) is 5.01 Å². The summed E-state index contributed by atoms with van der Waals surface area (Å²) in [5.41, 5.74) is 6.43. The second kappa shape index (κ2) is 7.25. The van der Waals surface area contributed by atoms with Gasteiger partial charge in [-0.2, -0.15) is 0 Å². The van der Waals surface area contributed by atoms with Crippen LogP contribution in [0.5, 0.6) is 0 Å². The molecule has 2 saturated heterocycles. The summed E-state index contributed by atoms with van der Waals surface area (Å²) in [4.78, 5) is 27.2. The Balaban J connectivity index is 1.53. The lowest BCUT2D eigenvalue weighted by Crippen LogP contribution is -2.36. The molecule has 0 saturated carbocycles. The molecule has 0 bridgehead atoms. The third-order valence-electron chi connectivity index (χ3n) is 4.76. The van der Waals surface area contributed by atoms with E-state index in [-0.39, 0.29) is 11.5 Å². The van der Waals surface area contributed by atoms with Crippen molar-refractivity contribution in [2.24, 2.45) is 0 Å². The Morgan fingerprint density at radius 3 is 2.22 bits per heavy atom. The number of aryl methyl sites for hydroxylation is 1. The smallest absolute Gasteiger partial charge is 0.282 e. The maximum atomic E-state index is 12.7. The van der Waals surface area contributed by atoms with Crippen LogP contribution in [0.25, 0.3) is 6.08 Å². The molecular formula is C21H21N3O3. The van der Waals surface area contributed by atoms with Crippen LogP contribution in [0.4, 0.5) is 11.4 Å². The largest absolute Gasteiger partial charge is 0.378 e. The normalized spacial score (nSPS) is 18.9. The van der Waals surface area contributed by atoms with Crippen LogP contribution in [0.15, 0.2) is 54.1 Å². The van der Waals surface area contributed by atoms with E-state index in [4.69, 9.17) is 4.74 Å². The van der Waals surface area contributed by atoms with Gasteiger partial charge in [-0.3, -0.25) is 15.0 Å². The number of benzene rings is 2. The van der Waals surface area contributed by atoms with E-state index in [1.54, 1.807) is 6.08 Å². The maximum Gasteiger partial charge on any atom is 0.282 e. The molecule has 2 amide bonds. The monoisotopic (exact) mass is 363 g/mol. The van der Waals surface area contributed by atoms with E-state index in [1.807, 2.05) is 55.5 Å². The van der Waals surface area contributed by atoms with Gasteiger partial charge >= 0.3 is 0 Å². The number of carbonyl (C=O) groups excluding carboxylic acids is 2. The highest BCUT2D eigenvalue weighted by molar-refractivity contribution is 6.31. The molecule has 2 aliphatic rings. The van der Waals surface area contributed by atoms with Crippen LogP contribution < -0.4 is 15.3 Å². The zero-order chi connectivity index (χ0) is 18.8. The van der Waals surface area contributed by atoms with E-state index >= 15 is 0 Å². The zero-order valence-corrected chi connectivity index (χ0v) is 15.1. The fraction of sp³-hybridized carbons (Fsp3) is 0.238. The van der Waals surface area contributed by atoms with Crippen molar-refractivity contribution < 1.29 is 14.3 Å². The highest BCUT2D eigenvalue weighted by Gasteiger charge is 2.34. The number of hydrazine groups is 1. The fourth-order valence-electron chi connectivity index (χ4n) is 3.20. The number of amides is 2. The highest BCUT2D eigenvalue weighted by atomic mass is 16.5. The van der Waals surface area contributed by atoms with Crippen LogP contribution in [0.1, 0.15) is 11.1 Å². The standard InChI is InChI=1S/C21H21N3O3/c1-15-2-6-18(7-3-15)24-21(26)19(20(25)22-24)14-16-4-8-17(9-5-16)23-10-12-27-13-11-23/h2-9,14H,10-13H2,1H3,(H,22,25)/b19-14+. The van der Waals surface area contributed by atoms with Gasteiger partial charge < -0.3 is 9.64 Å². The molecule has 6 nitrogen and oxygen atoms in total. The van der Waals surface area contributed by atoms with Crippen molar-refractivity contribution in [3.63, 3.8) is 0 Å². The van der Waals surface area contributed by atoms with Gasteiger partial charge in [0.2, 0.25) is 0 Å². The second-order valence-corrected chi connectivity index (χ2v) is 6.67. The highest BCUT2D eigenvalue weighted by Crippen LogP contribution is 2.23. The van der Waals surface area contributed by atoms with E-state index in [2.05, 4.69) is 10.3 Å². The number of nitrogens with one attached hydrogen (secondary N) is 1. The lowest BCUT2D eigenvalue weighted by atomic mass is 10.1. The number of hydrogen-bond acceptors (Lipinski definition) is 4. The summed E-state index contributed by atoms with van der Waals surface area (Å²) in [6.07, 6.45) is 1.63. The van der Waals surface area contributed by atoms with Gasteiger partial charge in [0.05, 0.1) is 18.9 Å². The van der Waals surface area contributed by atoms with Crippen LogP contribution in [-0.4, -0.2) is 38.1 Å². The molecule has 0 aromatic heterocycles. The van der Waals surface area contributed by atoms with Gasteiger partial charge in [-0.05, 0) is 42.8 Å². The van der Waals surface area contributed by atoms with Gasteiger partial charge in [-0.15, -0.1) is 0 Å². The number of carbonyl (C=O) groups is 2. The molecule has 4 rings (SSSR count). The van der Waals surface area contributed by atoms with Gasteiger partial charge in [0, 0.05) is 18.8 Å². The predicted molar refractivity (Wildman–Crippen MR) is 104 cm³/mol. The summed E-state index contributed by atoms with van der Waals surface area (Å²) in [5, 5.41) is 1.29. The van der Waals surface area contributed by atoms with Gasteiger partial charge in [-0.25, -0.2) is 5.01 Å². The average Bonchev–Trinajstić information content (AvgIpc) is 2.98. The molecule has 1 N–H and O–H groups in total. The topological polar surface area (TPSA) is 61.9 Å².